The van der Waals surface area contributed by atoms with E-state index < -0.39 is 6.10 Å². The Morgan fingerprint density at radius 1 is 1.17 bits per heavy atom. The van der Waals surface area contributed by atoms with Crippen LogP contribution >= 0.6 is 0 Å². The van der Waals surface area contributed by atoms with Crippen molar-refractivity contribution in [2.24, 2.45) is 0 Å². The van der Waals surface area contributed by atoms with Crippen LogP contribution in [0.4, 0.5) is 5.69 Å². The third-order valence-corrected chi connectivity index (χ3v) is 2.72. The molecule has 2 rings (SSSR count). The molecule has 0 saturated heterocycles. The second-order valence-corrected chi connectivity index (χ2v) is 4.31. The van der Waals surface area contributed by atoms with Crippen molar-refractivity contribution in [3.8, 4) is 5.75 Å². The van der Waals surface area contributed by atoms with Gasteiger partial charge in [-0.25, -0.2) is 0 Å². The van der Waals surface area contributed by atoms with Crippen molar-refractivity contribution in [3.05, 3.63) is 59.7 Å². The van der Waals surface area contributed by atoms with Crippen LogP contribution in [-0.4, -0.2) is 11.7 Å². The third kappa shape index (κ3) is 3.25. The minimum atomic E-state index is -0.671. The van der Waals surface area contributed by atoms with Gasteiger partial charge in [0.1, 0.15) is 18.5 Å². The summed E-state index contributed by atoms with van der Waals surface area (Å²) in [6.07, 6.45) is -0.671. The van der Waals surface area contributed by atoms with E-state index in [9.17, 15) is 5.11 Å². The Bertz CT molecular complexity index is 508. The lowest BCUT2D eigenvalue weighted by Gasteiger charge is -2.13. The average Bonchev–Trinajstić information content (AvgIpc) is 2.38. The number of hydrogen-bond donors (Lipinski definition) is 2. The summed E-state index contributed by atoms with van der Waals surface area (Å²) < 4.78 is 5.53. The van der Waals surface area contributed by atoms with Crippen LogP contribution in [0.1, 0.15) is 17.2 Å². The molecule has 0 aliphatic heterocycles. The van der Waals surface area contributed by atoms with Crippen LogP contribution < -0.4 is 10.5 Å². The average molecular weight is 243 g/mol. The molecule has 1 atom stereocenters. The van der Waals surface area contributed by atoms with E-state index in [1.807, 2.05) is 43.3 Å². The first-order chi connectivity index (χ1) is 8.65. The van der Waals surface area contributed by atoms with Crippen molar-refractivity contribution in [1.29, 1.82) is 0 Å². The standard InChI is InChI=1S/C15H17NO2/c1-11-5-7-14(8-6-11)18-10-15(17)12-3-2-4-13(16)9-12/h2-9,15,17H,10,16H2,1H3. The highest BCUT2D eigenvalue weighted by Crippen LogP contribution is 2.18. The van der Waals surface area contributed by atoms with E-state index in [1.54, 1.807) is 12.1 Å². The van der Waals surface area contributed by atoms with Crippen LogP contribution in [0.3, 0.4) is 0 Å². The molecule has 0 fully saturated rings. The largest absolute Gasteiger partial charge is 0.491 e. The quantitative estimate of drug-likeness (QED) is 0.812. The first-order valence-corrected chi connectivity index (χ1v) is 5.88. The summed E-state index contributed by atoms with van der Waals surface area (Å²) in [6.45, 7) is 2.23. The molecule has 2 aromatic rings. The molecular weight excluding hydrogens is 226 g/mol. The molecule has 18 heavy (non-hydrogen) atoms. The summed E-state index contributed by atoms with van der Waals surface area (Å²) in [5.74, 6) is 0.753. The first kappa shape index (κ1) is 12.5. The molecule has 0 aromatic heterocycles. The maximum absolute atomic E-state index is 9.98. The summed E-state index contributed by atoms with van der Waals surface area (Å²) >= 11 is 0. The molecular formula is C15H17NO2. The predicted molar refractivity (Wildman–Crippen MR) is 72.5 cm³/mol. The number of anilines is 1. The SMILES string of the molecule is Cc1ccc(OCC(O)c2cccc(N)c2)cc1. The van der Waals surface area contributed by atoms with Gasteiger partial charge in [-0.2, -0.15) is 0 Å². The molecule has 94 valence electrons. The summed E-state index contributed by atoms with van der Waals surface area (Å²) in [6, 6.07) is 14.9. The number of aryl methyl sites for hydroxylation is 1. The lowest BCUT2D eigenvalue weighted by atomic mass is 10.1. The number of rotatable bonds is 4. The Morgan fingerprint density at radius 2 is 1.89 bits per heavy atom. The second kappa shape index (κ2) is 5.56. The smallest absolute Gasteiger partial charge is 0.119 e. The van der Waals surface area contributed by atoms with Crippen molar-refractivity contribution in [3.63, 3.8) is 0 Å². The van der Waals surface area contributed by atoms with E-state index in [-0.39, 0.29) is 6.61 Å². The van der Waals surface area contributed by atoms with Crippen LogP contribution in [0.5, 0.6) is 5.75 Å². The molecule has 0 aliphatic carbocycles. The van der Waals surface area contributed by atoms with Gasteiger partial charge in [-0.1, -0.05) is 29.8 Å². The van der Waals surface area contributed by atoms with Crippen LogP contribution in [-0.2, 0) is 0 Å². The van der Waals surface area contributed by atoms with E-state index in [0.29, 0.717) is 5.69 Å². The lowest BCUT2D eigenvalue weighted by Crippen LogP contribution is -2.09. The van der Waals surface area contributed by atoms with Crippen LogP contribution in [0.2, 0.25) is 0 Å². The van der Waals surface area contributed by atoms with Crippen molar-refractivity contribution >= 4 is 5.69 Å². The molecule has 0 spiro atoms. The molecule has 0 heterocycles. The Balaban J connectivity index is 1.96. The van der Waals surface area contributed by atoms with Gasteiger partial charge in [0.2, 0.25) is 0 Å². The van der Waals surface area contributed by atoms with E-state index in [2.05, 4.69) is 0 Å². The molecule has 2 aromatic carbocycles. The van der Waals surface area contributed by atoms with Gasteiger partial charge in [-0.3, -0.25) is 0 Å². The Labute approximate surface area is 107 Å². The van der Waals surface area contributed by atoms with E-state index in [1.165, 1.54) is 5.56 Å². The Morgan fingerprint density at radius 3 is 2.56 bits per heavy atom. The zero-order valence-electron chi connectivity index (χ0n) is 10.3. The minimum absolute atomic E-state index is 0.215. The van der Waals surface area contributed by atoms with Crippen molar-refractivity contribution < 1.29 is 9.84 Å². The monoisotopic (exact) mass is 243 g/mol. The summed E-state index contributed by atoms with van der Waals surface area (Å²) in [4.78, 5) is 0. The summed E-state index contributed by atoms with van der Waals surface area (Å²) in [7, 11) is 0. The number of benzene rings is 2. The van der Waals surface area contributed by atoms with Gasteiger partial charge in [-0.15, -0.1) is 0 Å². The number of ether oxygens (including phenoxy) is 1. The van der Waals surface area contributed by atoms with Crippen LogP contribution in [0, 0.1) is 6.92 Å². The van der Waals surface area contributed by atoms with Crippen molar-refractivity contribution in [2.75, 3.05) is 12.3 Å². The number of nitrogen functional groups attached to an aromatic ring is 1. The van der Waals surface area contributed by atoms with Crippen LogP contribution in [0.15, 0.2) is 48.5 Å². The number of aliphatic hydroxyl groups excluding tert-OH is 1. The van der Waals surface area contributed by atoms with Gasteiger partial charge in [0.25, 0.3) is 0 Å². The van der Waals surface area contributed by atoms with Crippen LogP contribution in [0.25, 0.3) is 0 Å². The fourth-order valence-corrected chi connectivity index (χ4v) is 1.67. The second-order valence-electron chi connectivity index (χ2n) is 4.31. The van der Waals surface area contributed by atoms with Gasteiger partial charge < -0.3 is 15.6 Å². The maximum Gasteiger partial charge on any atom is 0.119 e. The highest BCUT2D eigenvalue weighted by Gasteiger charge is 2.08. The predicted octanol–water partition coefficient (Wildman–Crippen LogP) is 2.69. The Hall–Kier alpha value is -2.00. The normalized spacial score (nSPS) is 12.1. The van der Waals surface area contributed by atoms with E-state index >= 15 is 0 Å². The summed E-state index contributed by atoms with van der Waals surface area (Å²) in [5, 5.41) is 9.98. The van der Waals surface area contributed by atoms with Gasteiger partial charge >= 0.3 is 0 Å². The van der Waals surface area contributed by atoms with Crippen molar-refractivity contribution in [2.45, 2.75) is 13.0 Å². The maximum atomic E-state index is 9.98. The molecule has 1 unspecified atom stereocenters. The lowest BCUT2D eigenvalue weighted by molar-refractivity contribution is 0.108. The molecule has 0 aliphatic rings. The first-order valence-electron chi connectivity index (χ1n) is 5.88. The highest BCUT2D eigenvalue weighted by atomic mass is 16.5. The van der Waals surface area contributed by atoms with Crippen molar-refractivity contribution in [1.82, 2.24) is 0 Å². The number of nitrogens with two attached hydrogens (primary N) is 1. The molecule has 0 bridgehead atoms. The number of aliphatic hydroxyl groups is 1. The van der Waals surface area contributed by atoms with Gasteiger partial charge in [0.05, 0.1) is 0 Å². The van der Waals surface area contributed by atoms with Gasteiger partial charge in [0, 0.05) is 5.69 Å². The summed E-state index contributed by atoms with van der Waals surface area (Å²) in [5.41, 5.74) is 8.25. The molecule has 3 nitrogen and oxygen atoms in total. The van der Waals surface area contributed by atoms with E-state index in [4.69, 9.17) is 10.5 Å². The van der Waals surface area contributed by atoms with Gasteiger partial charge in [0.15, 0.2) is 0 Å². The third-order valence-electron chi connectivity index (χ3n) is 2.72. The fraction of sp³-hybridized carbons (Fsp3) is 0.200. The van der Waals surface area contributed by atoms with Gasteiger partial charge in [-0.05, 0) is 36.8 Å². The zero-order chi connectivity index (χ0) is 13.0. The molecule has 3 heteroatoms. The number of hydrogen-bond acceptors (Lipinski definition) is 3. The van der Waals surface area contributed by atoms with E-state index in [0.717, 1.165) is 11.3 Å². The molecule has 0 radical (unpaired) electrons. The fourth-order valence-electron chi connectivity index (χ4n) is 1.67. The Kier molecular flexibility index (Phi) is 3.85. The zero-order valence-corrected chi connectivity index (χ0v) is 10.3. The molecule has 0 amide bonds. The molecule has 0 saturated carbocycles. The minimum Gasteiger partial charge on any atom is -0.491 e. The molecule has 3 N–H and O–H groups in total. The highest BCUT2D eigenvalue weighted by molar-refractivity contribution is 5.41. The topological polar surface area (TPSA) is 55.5 Å².